The van der Waals surface area contributed by atoms with Crippen LogP contribution in [0.25, 0.3) is 27.6 Å². The highest BCUT2D eigenvalue weighted by Crippen LogP contribution is 2.37. The van der Waals surface area contributed by atoms with E-state index in [0.29, 0.717) is 0 Å². The van der Waals surface area contributed by atoms with Crippen LogP contribution in [-0.4, -0.2) is 34.7 Å². The van der Waals surface area contributed by atoms with Gasteiger partial charge in [0.25, 0.3) is 0 Å². The molecule has 2 heterocycles. The number of aromatic nitrogens is 3. The summed E-state index contributed by atoms with van der Waals surface area (Å²) in [6.45, 7) is 11.7. The number of nitrogens with one attached hydrogen (secondary N) is 1. The van der Waals surface area contributed by atoms with E-state index in [2.05, 4.69) is 78.9 Å². The number of para-hydroxylation sites is 1. The van der Waals surface area contributed by atoms with Crippen LogP contribution < -0.4 is 10.2 Å². The van der Waals surface area contributed by atoms with E-state index >= 15 is 0 Å². The Morgan fingerprint density at radius 1 is 0.968 bits per heavy atom. The number of aryl methyl sites for hydroxylation is 2. The van der Waals surface area contributed by atoms with Gasteiger partial charge in [0.05, 0.1) is 16.6 Å². The highest BCUT2D eigenvalue weighted by Gasteiger charge is 2.21. The molecule has 5 heteroatoms. The Hall–Kier alpha value is -2.92. The molecular formula is C26H33N5. The normalized spacial score (nSPS) is 11.5. The Morgan fingerprint density at radius 3 is 2.29 bits per heavy atom. The third kappa shape index (κ3) is 3.79. The quantitative estimate of drug-likeness (QED) is 0.411. The minimum absolute atomic E-state index is 0.866. The molecule has 2 aromatic carbocycles. The molecular weight excluding hydrogens is 382 g/mol. The predicted molar refractivity (Wildman–Crippen MR) is 131 cm³/mol. The number of benzene rings is 2. The standard InChI is InChI=1S/C26H33N5/c1-6-12-30(13-7-2)25-23-21-10-8-9-11-22(21)31(26(23)29-17-28-25)24-18(3)14-20(16-27-5)15-19(24)4/h8-11,14-15,17,27H,6-7,12-13,16H2,1-5H3. The van der Waals surface area contributed by atoms with E-state index in [9.17, 15) is 0 Å². The van der Waals surface area contributed by atoms with E-state index in [4.69, 9.17) is 9.97 Å². The van der Waals surface area contributed by atoms with Gasteiger partial charge in [0.2, 0.25) is 0 Å². The molecule has 0 fully saturated rings. The molecule has 0 radical (unpaired) electrons. The van der Waals surface area contributed by atoms with E-state index < -0.39 is 0 Å². The van der Waals surface area contributed by atoms with Crippen LogP contribution in [0.3, 0.4) is 0 Å². The summed E-state index contributed by atoms with van der Waals surface area (Å²) in [5.41, 5.74) is 7.19. The molecule has 0 saturated carbocycles. The van der Waals surface area contributed by atoms with Gasteiger partial charge in [0.15, 0.2) is 5.65 Å². The smallest absolute Gasteiger partial charge is 0.151 e. The molecule has 0 aliphatic rings. The van der Waals surface area contributed by atoms with Crippen LogP contribution in [0.4, 0.5) is 5.82 Å². The largest absolute Gasteiger partial charge is 0.356 e. The summed E-state index contributed by atoms with van der Waals surface area (Å²) < 4.78 is 2.33. The van der Waals surface area contributed by atoms with Crippen molar-refractivity contribution in [1.82, 2.24) is 19.9 Å². The van der Waals surface area contributed by atoms with Crippen molar-refractivity contribution in [3.63, 3.8) is 0 Å². The Morgan fingerprint density at radius 2 is 1.65 bits per heavy atom. The van der Waals surface area contributed by atoms with Gasteiger partial charge in [-0.15, -0.1) is 0 Å². The van der Waals surface area contributed by atoms with Gasteiger partial charge >= 0.3 is 0 Å². The Labute approximate surface area is 185 Å². The summed E-state index contributed by atoms with van der Waals surface area (Å²) in [4.78, 5) is 12.0. The first-order valence-corrected chi connectivity index (χ1v) is 11.3. The summed E-state index contributed by atoms with van der Waals surface area (Å²) in [6.07, 6.45) is 3.91. The second-order valence-electron chi connectivity index (χ2n) is 8.34. The van der Waals surface area contributed by atoms with Crippen molar-refractivity contribution in [2.75, 3.05) is 25.0 Å². The van der Waals surface area contributed by atoms with Gasteiger partial charge < -0.3 is 10.2 Å². The first-order valence-electron chi connectivity index (χ1n) is 11.3. The van der Waals surface area contributed by atoms with Gasteiger partial charge in [-0.05, 0) is 56.5 Å². The highest BCUT2D eigenvalue weighted by molar-refractivity contribution is 6.13. The third-order valence-corrected chi connectivity index (χ3v) is 5.88. The molecule has 0 saturated heterocycles. The second-order valence-corrected chi connectivity index (χ2v) is 8.34. The van der Waals surface area contributed by atoms with Crippen molar-refractivity contribution in [3.8, 4) is 5.69 Å². The molecule has 0 amide bonds. The second kappa shape index (κ2) is 9.06. The lowest BCUT2D eigenvalue weighted by Gasteiger charge is -2.23. The fourth-order valence-electron chi connectivity index (χ4n) is 4.81. The molecule has 0 bridgehead atoms. The van der Waals surface area contributed by atoms with Crippen molar-refractivity contribution in [1.29, 1.82) is 0 Å². The molecule has 2 aromatic heterocycles. The number of nitrogens with zero attached hydrogens (tertiary/aromatic N) is 4. The fraction of sp³-hybridized carbons (Fsp3) is 0.385. The van der Waals surface area contributed by atoms with Crippen molar-refractivity contribution in [2.45, 2.75) is 47.1 Å². The zero-order valence-electron chi connectivity index (χ0n) is 19.4. The maximum atomic E-state index is 4.81. The maximum absolute atomic E-state index is 4.81. The lowest BCUT2D eigenvalue weighted by atomic mass is 10.0. The van der Waals surface area contributed by atoms with Gasteiger partial charge in [0, 0.05) is 25.0 Å². The first-order chi connectivity index (χ1) is 15.1. The molecule has 4 rings (SSSR count). The van der Waals surface area contributed by atoms with Crippen LogP contribution in [0.5, 0.6) is 0 Å². The summed E-state index contributed by atoms with van der Waals surface area (Å²) >= 11 is 0. The molecule has 0 aliphatic carbocycles. The lowest BCUT2D eigenvalue weighted by molar-refractivity contribution is 0.736. The van der Waals surface area contributed by atoms with E-state index in [1.165, 1.54) is 33.3 Å². The maximum Gasteiger partial charge on any atom is 0.151 e. The molecule has 162 valence electrons. The van der Waals surface area contributed by atoms with Gasteiger partial charge in [-0.25, -0.2) is 9.97 Å². The minimum Gasteiger partial charge on any atom is -0.356 e. The fourth-order valence-corrected chi connectivity index (χ4v) is 4.81. The molecule has 0 spiro atoms. The lowest BCUT2D eigenvalue weighted by Crippen LogP contribution is -2.26. The summed E-state index contributed by atoms with van der Waals surface area (Å²) in [6, 6.07) is 13.2. The number of fused-ring (bicyclic) bond motifs is 3. The van der Waals surface area contributed by atoms with Crippen molar-refractivity contribution in [3.05, 3.63) is 59.4 Å². The van der Waals surface area contributed by atoms with Crippen LogP contribution in [0.1, 0.15) is 43.4 Å². The zero-order chi connectivity index (χ0) is 22.0. The molecule has 5 nitrogen and oxygen atoms in total. The van der Waals surface area contributed by atoms with Crippen LogP contribution in [-0.2, 0) is 6.54 Å². The van der Waals surface area contributed by atoms with Crippen molar-refractivity contribution < 1.29 is 0 Å². The van der Waals surface area contributed by atoms with E-state index in [1.54, 1.807) is 6.33 Å². The van der Waals surface area contributed by atoms with Gasteiger partial charge in [0.1, 0.15) is 12.1 Å². The Kier molecular flexibility index (Phi) is 6.23. The third-order valence-electron chi connectivity index (χ3n) is 5.88. The monoisotopic (exact) mass is 415 g/mol. The van der Waals surface area contributed by atoms with E-state index in [1.807, 2.05) is 7.05 Å². The zero-order valence-corrected chi connectivity index (χ0v) is 19.4. The van der Waals surface area contributed by atoms with Crippen LogP contribution in [0, 0.1) is 13.8 Å². The highest BCUT2D eigenvalue weighted by atomic mass is 15.2. The van der Waals surface area contributed by atoms with E-state index in [-0.39, 0.29) is 0 Å². The average Bonchev–Trinajstić information content (AvgIpc) is 3.08. The molecule has 0 aliphatic heterocycles. The van der Waals surface area contributed by atoms with Crippen LogP contribution >= 0.6 is 0 Å². The Balaban J connectivity index is 2.05. The SMILES string of the molecule is CCCN(CCC)c1ncnc2c1c1ccccc1n2-c1c(C)cc(CNC)cc1C. The summed E-state index contributed by atoms with van der Waals surface area (Å²) in [7, 11) is 1.99. The number of rotatable bonds is 8. The molecule has 0 atom stereocenters. The number of hydrogen-bond donors (Lipinski definition) is 1. The average molecular weight is 416 g/mol. The van der Waals surface area contributed by atoms with E-state index in [0.717, 1.165) is 49.3 Å². The number of anilines is 1. The van der Waals surface area contributed by atoms with Crippen molar-refractivity contribution in [2.24, 2.45) is 0 Å². The Bertz CT molecular complexity index is 1180. The first kappa shape index (κ1) is 21.3. The minimum atomic E-state index is 0.866. The topological polar surface area (TPSA) is 46.0 Å². The molecule has 4 aromatic rings. The molecule has 1 N–H and O–H groups in total. The summed E-state index contributed by atoms with van der Waals surface area (Å²) in [5, 5.41) is 5.63. The number of hydrogen-bond acceptors (Lipinski definition) is 4. The molecule has 31 heavy (non-hydrogen) atoms. The van der Waals surface area contributed by atoms with Crippen LogP contribution in [0.15, 0.2) is 42.7 Å². The van der Waals surface area contributed by atoms with Crippen LogP contribution in [0.2, 0.25) is 0 Å². The predicted octanol–water partition coefficient (Wildman–Crippen LogP) is 5.54. The van der Waals surface area contributed by atoms with Gasteiger partial charge in [-0.3, -0.25) is 4.57 Å². The molecule has 0 unspecified atom stereocenters. The van der Waals surface area contributed by atoms with Gasteiger partial charge in [-0.2, -0.15) is 0 Å². The van der Waals surface area contributed by atoms with Crippen molar-refractivity contribution >= 4 is 27.8 Å². The summed E-state index contributed by atoms with van der Waals surface area (Å²) in [5.74, 6) is 1.05. The van der Waals surface area contributed by atoms with Gasteiger partial charge in [-0.1, -0.05) is 44.2 Å².